The first kappa shape index (κ1) is 28.4. The van der Waals surface area contributed by atoms with Crippen molar-refractivity contribution in [1.82, 2.24) is 10.2 Å². The first-order chi connectivity index (χ1) is 18.4. The molecule has 210 valence electrons. The lowest BCUT2D eigenvalue weighted by Gasteiger charge is -2.42. The Labute approximate surface area is 223 Å². The molecule has 0 aromatic heterocycles. The number of nitrogens with zero attached hydrogens (tertiary/aromatic N) is 1. The molecule has 1 saturated carbocycles. The van der Waals surface area contributed by atoms with Gasteiger partial charge >= 0.3 is 0 Å². The summed E-state index contributed by atoms with van der Waals surface area (Å²) in [5, 5.41) is 33.5. The Kier molecular flexibility index (Phi) is 9.64. The van der Waals surface area contributed by atoms with Crippen LogP contribution in [0.3, 0.4) is 0 Å². The summed E-state index contributed by atoms with van der Waals surface area (Å²) < 4.78 is 16.9. The quantitative estimate of drug-likeness (QED) is 0.334. The number of methoxy groups -OCH3 is 2. The van der Waals surface area contributed by atoms with Gasteiger partial charge in [0.2, 0.25) is 11.8 Å². The van der Waals surface area contributed by atoms with E-state index in [1.54, 1.807) is 30.2 Å². The number of ether oxygens (including phenoxy) is 3. The van der Waals surface area contributed by atoms with Crippen LogP contribution in [0.2, 0.25) is 0 Å². The second-order valence-corrected chi connectivity index (χ2v) is 10.3. The number of fused-ring (bicyclic) bond motifs is 3. The third kappa shape index (κ3) is 5.83. The van der Waals surface area contributed by atoms with Crippen molar-refractivity contribution in [1.29, 1.82) is 0 Å². The highest BCUT2D eigenvalue weighted by atomic mass is 16.5. The molecule has 3 aliphatic rings. The van der Waals surface area contributed by atoms with Crippen molar-refractivity contribution >= 4 is 11.8 Å². The van der Waals surface area contributed by atoms with Gasteiger partial charge in [0.05, 0.1) is 45.3 Å². The zero-order valence-corrected chi connectivity index (χ0v) is 22.2. The molecule has 4 atom stereocenters. The number of hydrogen-bond acceptors (Lipinski definition) is 8. The topological polar surface area (TPSA) is 138 Å². The van der Waals surface area contributed by atoms with E-state index in [0.29, 0.717) is 40.7 Å². The Morgan fingerprint density at radius 1 is 1.16 bits per heavy atom. The number of aliphatic hydroxyl groups is 3. The summed E-state index contributed by atoms with van der Waals surface area (Å²) in [6.45, 7) is 0.344. The normalized spacial score (nSPS) is 24.6. The first-order valence-electron chi connectivity index (χ1n) is 13.5. The van der Waals surface area contributed by atoms with Crippen LogP contribution in [0.1, 0.15) is 55.6 Å². The number of aliphatic hydroxyl groups excluding tert-OH is 3. The number of rotatable bonds is 11. The maximum absolute atomic E-state index is 13.4. The zero-order valence-electron chi connectivity index (χ0n) is 22.2. The molecule has 4 N–H and O–H groups in total. The van der Waals surface area contributed by atoms with Gasteiger partial charge in [0.15, 0.2) is 11.5 Å². The molecule has 10 heteroatoms. The highest BCUT2D eigenvalue weighted by Gasteiger charge is 2.51. The molecule has 0 spiro atoms. The summed E-state index contributed by atoms with van der Waals surface area (Å²) in [7, 11) is 3.03. The number of nitrogens with one attached hydrogen (secondary N) is 1. The molecular formula is C28H40N2O8. The second-order valence-electron chi connectivity index (χ2n) is 10.3. The Bertz CT molecular complexity index is 1020. The lowest BCUT2D eigenvalue weighted by Crippen LogP contribution is -2.56. The van der Waals surface area contributed by atoms with Crippen molar-refractivity contribution in [3.8, 4) is 11.5 Å². The largest absolute Gasteiger partial charge is 0.493 e. The average Bonchev–Trinajstić information content (AvgIpc) is 3.34. The SMILES string of the molecule is COCCC(=O)N(CC1CCCCC1)C1C=C(C(=O)NCCO)C2c3cc(CO)cc(OC)c3OC2C1O. The van der Waals surface area contributed by atoms with Crippen LogP contribution >= 0.6 is 0 Å². The van der Waals surface area contributed by atoms with E-state index in [4.69, 9.17) is 14.2 Å². The van der Waals surface area contributed by atoms with Crippen molar-refractivity contribution in [2.75, 3.05) is 40.5 Å². The predicted molar refractivity (Wildman–Crippen MR) is 139 cm³/mol. The average molecular weight is 533 g/mol. The van der Waals surface area contributed by atoms with Gasteiger partial charge in [-0.2, -0.15) is 0 Å². The van der Waals surface area contributed by atoms with Gasteiger partial charge in [-0.1, -0.05) is 19.3 Å². The predicted octanol–water partition coefficient (Wildman–Crippen LogP) is 1.26. The fourth-order valence-electron chi connectivity index (χ4n) is 5.99. The highest BCUT2D eigenvalue weighted by molar-refractivity contribution is 5.96. The molecule has 0 radical (unpaired) electrons. The van der Waals surface area contributed by atoms with Gasteiger partial charge in [-0.3, -0.25) is 9.59 Å². The van der Waals surface area contributed by atoms with Gasteiger partial charge in [0.25, 0.3) is 0 Å². The van der Waals surface area contributed by atoms with E-state index in [2.05, 4.69) is 5.32 Å². The van der Waals surface area contributed by atoms with Crippen LogP contribution in [0.15, 0.2) is 23.8 Å². The van der Waals surface area contributed by atoms with Crippen LogP contribution in [0.5, 0.6) is 11.5 Å². The number of hydrogen-bond donors (Lipinski definition) is 4. The van der Waals surface area contributed by atoms with Gasteiger partial charge < -0.3 is 39.7 Å². The van der Waals surface area contributed by atoms with Gasteiger partial charge in [0, 0.05) is 31.3 Å². The number of carbonyl (C=O) groups is 2. The molecule has 1 aliphatic heterocycles. The minimum atomic E-state index is -1.11. The molecule has 2 aliphatic carbocycles. The van der Waals surface area contributed by atoms with E-state index in [1.165, 1.54) is 13.5 Å². The molecule has 1 aromatic rings. The zero-order chi connectivity index (χ0) is 27.2. The Hall–Kier alpha value is -2.66. The maximum Gasteiger partial charge on any atom is 0.247 e. The molecule has 38 heavy (non-hydrogen) atoms. The lowest BCUT2D eigenvalue weighted by atomic mass is 9.76. The molecule has 4 rings (SSSR count). The number of amides is 2. The van der Waals surface area contributed by atoms with E-state index in [-0.39, 0.29) is 38.7 Å². The van der Waals surface area contributed by atoms with E-state index in [1.807, 2.05) is 0 Å². The van der Waals surface area contributed by atoms with Crippen LogP contribution in [0.4, 0.5) is 0 Å². The summed E-state index contributed by atoms with van der Waals surface area (Å²) in [6.07, 6.45) is 5.32. The van der Waals surface area contributed by atoms with Gasteiger partial charge in [0.1, 0.15) is 12.2 Å². The van der Waals surface area contributed by atoms with Crippen LogP contribution in [-0.4, -0.2) is 90.8 Å². The molecule has 10 nitrogen and oxygen atoms in total. The van der Waals surface area contributed by atoms with Crippen LogP contribution in [0, 0.1) is 5.92 Å². The van der Waals surface area contributed by atoms with Gasteiger partial charge in [-0.25, -0.2) is 0 Å². The third-order valence-electron chi connectivity index (χ3n) is 7.87. The molecule has 2 amide bonds. The van der Waals surface area contributed by atoms with Gasteiger partial charge in [-0.15, -0.1) is 0 Å². The van der Waals surface area contributed by atoms with Crippen molar-refractivity contribution in [2.24, 2.45) is 5.92 Å². The van der Waals surface area contributed by atoms with Crippen molar-refractivity contribution in [2.45, 2.75) is 69.3 Å². The van der Waals surface area contributed by atoms with Crippen molar-refractivity contribution in [3.05, 3.63) is 34.9 Å². The molecule has 1 heterocycles. The Morgan fingerprint density at radius 3 is 2.58 bits per heavy atom. The monoisotopic (exact) mass is 532 g/mol. The van der Waals surface area contributed by atoms with Crippen LogP contribution in [0.25, 0.3) is 0 Å². The Morgan fingerprint density at radius 2 is 1.92 bits per heavy atom. The maximum atomic E-state index is 13.4. The second kappa shape index (κ2) is 12.9. The van der Waals surface area contributed by atoms with E-state index in [9.17, 15) is 24.9 Å². The minimum Gasteiger partial charge on any atom is -0.493 e. The molecule has 1 fully saturated rings. The van der Waals surface area contributed by atoms with Crippen molar-refractivity contribution in [3.63, 3.8) is 0 Å². The molecule has 1 aromatic carbocycles. The molecule has 0 saturated heterocycles. The summed E-state index contributed by atoms with van der Waals surface area (Å²) in [4.78, 5) is 28.5. The third-order valence-corrected chi connectivity index (χ3v) is 7.87. The summed E-state index contributed by atoms with van der Waals surface area (Å²) in [5.41, 5.74) is 1.57. The van der Waals surface area contributed by atoms with Crippen molar-refractivity contribution < 1.29 is 39.1 Å². The summed E-state index contributed by atoms with van der Waals surface area (Å²) in [5.74, 6) is -0.0744. The lowest BCUT2D eigenvalue weighted by molar-refractivity contribution is -0.139. The minimum absolute atomic E-state index is 0.0626. The van der Waals surface area contributed by atoms with E-state index < -0.39 is 30.1 Å². The molecule has 0 bridgehead atoms. The summed E-state index contributed by atoms with van der Waals surface area (Å²) in [6, 6.07) is 2.64. The number of carbonyl (C=O) groups excluding carboxylic acids is 2. The van der Waals surface area contributed by atoms with Gasteiger partial charge in [-0.05, 0) is 42.5 Å². The first-order valence-corrected chi connectivity index (χ1v) is 13.5. The smallest absolute Gasteiger partial charge is 0.247 e. The molecule has 4 unspecified atom stereocenters. The fraction of sp³-hybridized carbons (Fsp3) is 0.643. The van der Waals surface area contributed by atoms with Crippen LogP contribution < -0.4 is 14.8 Å². The van der Waals surface area contributed by atoms with E-state index in [0.717, 1.165) is 25.7 Å². The standard InChI is InChI=1S/C28H40N2O8/c1-36-11-8-23(33)30(15-17-6-4-3-5-7-17)21-14-20(28(35)29-9-10-31)24-19-12-18(16-32)13-22(37-2)26(19)38-27(24)25(21)34/h12-14,17,21,24-25,27,31-32,34H,3-11,15-16H2,1-2H3,(H,29,35). The Balaban J connectivity index is 1.76. The molecular weight excluding hydrogens is 492 g/mol. The summed E-state index contributed by atoms with van der Waals surface area (Å²) >= 11 is 0. The van der Waals surface area contributed by atoms with Crippen LogP contribution in [-0.2, 0) is 20.9 Å². The van der Waals surface area contributed by atoms with E-state index >= 15 is 0 Å². The fourth-order valence-corrected chi connectivity index (χ4v) is 5.99. The highest BCUT2D eigenvalue weighted by Crippen LogP contribution is 2.51. The number of benzene rings is 1.